The number of hydrazone groups is 1. The molecule has 2 aromatic carbocycles. The Labute approximate surface area is 195 Å². The van der Waals surface area contributed by atoms with Gasteiger partial charge in [0.05, 0.1) is 18.3 Å². The predicted octanol–water partition coefficient (Wildman–Crippen LogP) is 5.53. The Morgan fingerprint density at radius 1 is 1.21 bits per heavy atom. The van der Waals surface area contributed by atoms with Gasteiger partial charge in [-0.3, -0.25) is 15.5 Å². The van der Waals surface area contributed by atoms with E-state index in [0.717, 1.165) is 24.0 Å². The number of benzene rings is 2. The molecule has 0 atom stereocenters. The van der Waals surface area contributed by atoms with E-state index in [4.69, 9.17) is 4.74 Å². The van der Waals surface area contributed by atoms with Gasteiger partial charge < -0.3 is 4.74 Å². The number of pyridine rings is 1. The Balaban J connectivity index is 1.69. The molecule has 0 aliphatic carbocycles. The molecule has 0 aliphatic rings. The molecule has 0 unspecified atom stereocenters. The molecule has 0 fully saturated rings. The van der Waals surface area contributed by atoms with Crippen molar-refractivity contribution in [3.05, 3.63) is 88.7 Å². The van der Waals surface area contributed by atoms with E-state index in [1.165, 1.54) is 23.9 Å². The zero-order chi connectivity index (χ0) is 20.8. The fourth-order valence-electron chi connectivity index (χ4n) is 2.43. The molecule has 1 heterocycles. The van der Waals surface area contributed by atoms with E-state index in [-0.39, 0.29) is 11.5 Å². The first-order chi connectivity index (χ1) is 13.9. The van der Waals surface area contributed by atoms with Crippen LogP contribution in [0.25, 0.3) is 0 Å². The maximum absolute atomic E-state index is 11.0. The summed E-state index contributed by atoms with van der Waals surface area (Å²) in [4.78, 5) is 14.5. The molecule has 29 heavy (non-hydrogen) atoms. The Hall–Kier alpha value is -2.28. The number of nitrogens with zero attached hydrogens (tertiary/aromatic N) is 3. The molecule has 0 amide bonds. The van der Waals surface area contributed by atoms with Crippen molar-refractivity contribution in [1.29, 1.82) is 0 Å². The summed E-state index contributed by atoms with van der Waals surface area (Å²) in [5.74, 6) is 0.911. The van der Waals surface area contributed by atoms with Crippen LogP contribution in [0.5, 0.6) is 5.75 Å². The zero-order valence-corrected chi connectivity index (χ0v) is 19.6. The van der Waals surface area contributed by atoms with Crippen LogP contribution >= 0.6 is 45.2 Å². The van der Waals surface area contributed by atoms with E-state index in [2.05, 4.69) is 91.9 Å². The Bertz CT molecular complexity index is 1030. The highest BCUT2D eigenvalue weighted by atomic mass is 127. The average molecular weight is 614 g/mol. The average Bonchev–Trinajstić information content (AvgIpc) is 2.69. The SMILES string of the molecule is Cc1ccc(COc2c(I)cc(/C=N\Nc3ncccc3[N+](=O)[O-])cc2I)cc1. The van der Waals surface area contributed by atoms with Crippen LogP contribution in [0.2, 0.25) is 0 Å². The molecule has 148 valence electrons. The number of nitro groups is 1. The van der Waals surface area contributed by atoms with Gasteiger partial charge in [-0.2, -0.15) is 5.10 Å². The lowest BCUT2D eigenvalue weighted by Crippen LogP contribution is -2.01. The van der Waals surface area contributed by atoms with Gasteiger partial charge in [0.15, 0.2) is 0 Å². The summed E-state index contributed by atoms with van der Waals surface area (Å²) in [6.45, 7) is 2.54. The second-order valence-corrected chi connectivity index (χ2v) is 8.41. The van der Waals surface area contributed by atoms with Crippen LogP contribution < -0.4 is 10.2 Å². The van der Waals surface area contributed by atoms with Gasteiger partial charge in [0, 0.05) is 12.3 Å². The fourth-order valence-corrected chi connectivity index (χ4v) is 4.56. The van der Waals surface area contributed by atoms with E-state index in [0.29, 0.717) is 6.61 Å². The van der Waals surface area contributed by atoms with Gasteiger partial charge in [-0.1, -0.05) is 29.8 Å². The van der Waals surface area contributed by atoms with Gasteiger partial charge in [0.25, 0.3) is 0 Å². The van der Waals surface area contributed by atoms with Crippen LogP contribution in [0, 0.1) is 24.2 Å². The molecule has 0 saturated carbocycles. The number of aryl methyl sites for hydroxylation is 1. The van der Waals surface area contributed by atoms with Crippen molar-refractivity contribution in [2.24, 2.45) is 5.10 Å². The lowest BCUT2D eigenvalue weighted by molar-refractivity contribution is -0.384. The van der Waals surface area contributed by atoms with E-state index >= 15 is 0 Å². The van der Waals surface area contributed by atoms with Gasteiger partial charge in [0.1, 0.15) is 12.4 Å². The van der Waals surface area contributed by atoms with Crippen molar-refractivity contribution in [3.63, 3.8) is 0 Å². The molecule has 0 saturated heterocycles. The molecular formula is C20H16I2N4O3. The number of hydrogen-bond acceptors (Lipinski definition) is 6. The molecule has 0 aliphatic heterocycles. The normalized spacial score (nSPS) is 10.9. The number of halogens is 2. The Morgan fingerprint density at radius 2 is 1.90 bits per heavy atom. The largest absolute Gasteiger partial charge is 0.487 e. The van der Waals surface area contributed by atoms with E-state index in [1.807, 2.05) is 12.1 Å². The van der Waals surface area contributed by atoms with Gasteiger partial charge in [0.2, 0.25) is 5.82 Å². The maximum atomic E-state index is 11.0. The standard InChI is InChI=1S/C20H16I2N4O3/c1-13-4-6-14(7-5-13)12-29-19-16(21)9-15(10-17(19)22)11-24-25-20-18(26(27)28)3-2-8-23-20/h2-11H,12H2,1H3,(H,23,25)/b24-11-. The number of hydrogen-bond donors (Lipinski definition) is 1. The van der Waals surface area contributed by atoms with Crippen molar-refractivity contribution >= 4 is 62.9 Å². The van der Waals surface area contributed by atoms with Crippen molar-refractivity contribution < 1.29 is 9.66 Å². The first kappa shape index (κ1) is 21.4. The Morgan fingerprint density at radius 3 is 2.55 bits per heavy atom. The summed E-state index contributed by atoms with van der Waals surface area (Å²) in [7, 11) is 0. The maximum Gasteiger partial charge on any atom is 0.313 e. The van der Waals surface area contributed by atoms with Gasteiger partial charge in [-0.15, -0.1) is 0 Å². The van der Waals surface area contributed by atoms with E-state index < -0.39 is 4.92 Å². The fraction of sp³-hybridized carbons (Fsp3) is 0.100. The number of aromatic nitrogens is 1. The van der Waals surface area contributed by atoms with Gasteiger partial charge >= 0.3 is 5.69 Å². The van der Waals surface area contributed by atoms with Crippen molar-refractivity contribution in [3.8, 4) is 5.75 Å². The zero-order valence-electron chi connectivity index (χ0n) is 15.3. The third-order valence-corrected chi connectivity index (χ3v) is 5.49. The van der Waals surface area contributed by atoms with Crippen LogP contribution in [0.15, 0.2) is 59.8 Å². The second-order valence-electron chi connectivity index (χ2n) is 6.09. The summed E-state index contributed by atoms with van der Waals surface area (Å²) in [6, 6.07) is 15.0. The first-order valence-corrected chi connectivity index (χ1v) is 10.7. The Kier molecular flexibility index (Phi) is 7.36. The summed E-state index contributed by atoms with van der Waals surface area (Å²) < 4.78 is 7.91. The molecular weight excluding hydrogens is 598 g/mol. The second kappa shape index (κ2) is 9.96. The van der Waals surface area contributed by atoms with Crippen molar-refractivity contribution in [2.75, 3.05) is 5.43 Å². The summed E-state index contributed by atoms with van der Waals surface area (Å²) >= 11 is 4.45. The smallest absolute Gasteiger partial charge is 0.313 e. The first-order valence-electron chi connectivity index (χ1n) is 8.50. The van der Waals surface area contributed by atoms with Crippen molar-refractivity contribution in [1.82, 2.24) is 4.98 Å². The number of ether oxygens (including phenoxy) is 1. The highest BCUT2D eigenvalue weighted by molar-refractivity contribution is 14.1. The molecule has 1 aromatic heterocycles. The molecule has 3 rings (SSSR count). The van der Waals surface area contributed by atoms with Crippen LogP contribution in [-0.2, 0) is 6.61 Å². The van der Waals surface area contributed by atoms with E-state index in [1.54, 1.807) is 6.21 Å². The molecule has 0 spiro atoms. The minimum absolute atomic E-state index is 0.0937. The minimum Gasteiger partial charge on any atom is -0.487 e. The predicted molar refractivity (Wildman–Crippen MR) is 129 cm³/mol. The third kappa shape index (κ3) is 5.85. The summed E-state index contributed by atoms with van der Waals surface area (Å²) in [6.07, 6.45) is 3.06. The lowest BCUT2D eigenvalue weighted by atomic mass is 10.2. The monoisotopic (exact) mass is 614 g/mol. The number of nitrogens with one attached hydrogen (secondary N) is 1. The van der Waals surface area contributed by atoms with Crippen LogP contribution in [0.1, 0.15) is 16.7 Å². The van der Waals surface area contributed by atoms with Gasteiger partial charge in [-0.05, 0) is 81.4 Å². The van der Waals surface area contributed by atoms with Crippen molar-refractivity contribution in [2.45, 2.75) is 13.5 Å². The number of anilines is 1. The third-order valence-electron chi connectivity index (χ3n) is 3.89. The highest BCUT2D eigenvalue weighted by Gasteiger charge is 2.13. The molecule has 9 heteroatoms. The van der Waals surface area contributed by atoms with E-state index in [9.17, 15) is 10.1 Å². The van der Waals surface area contributed by atoms with Crippen LogP contribution in [0.4, 0.5) is 11.5 Å². The van der Waals surface area contributed by atoms with Crippen LogP contribution in [0.3, 0.4) is 0 Å². The molecule has 3 aromatic rings. The van der Waals surface area contributed by atoms with Crippen LogP contribution in [-0.4, -0.2) is 16.1 Å². The minimum atomic E-state index is -0.503. The molecule has 0 bridgehead atoms. The highest BCUT2D eigenvalue weighted by Crippen LogP contribution is 2.29. The molecule has 1 N–H and O–H groups in total. The summed E-state index contributed by atoms with van der Waals surface area (Å²) in [5.41, 5.74) is 5.66. The molecule has 7 nitrogen and oxygen atoms in total. The summed E-state index contributed by atoms with van der Waals surface area (Å²) in [5, 5.41) is 15.1. The lowest BCUT2D eigenvalue weighted by Gasteiger charge is -2.11. The topological polar surface area (TPSA) is 89.7 Å². The quantitative estimate of drug-likeness (QED) is 0.164. The molecule has 0 radical (unpaired) electrons. The van der Waals surface area contributed by atoms with Gasteiger partial charge in [-0.25, -0.2) is 4.98 Å². The number of rotatable bonds is 7.